The molecule has 0 bridgehead atoms. The van der Waals surface area contributed by atoms with Crippen molar-refractivity contribution in [1.29, 1.82) is 0 Å². The summed E-state index contributed by atoms with van der Waals surface area (Å²) in [4.78, 5) is 18.1. The average Bonchev–Trinajstić information content (AvgIpc) is 3.44. The van der Waals surface area contributed by atoms with Crippen molar-refractivity contribution in [3.63, 3.8) is 0 Å². The molecule has 164 valence electrons. The number of benzene rings is 1. The molecule has 31 heavy (non-hydrogen) atoms. The second-order valence-corrected chi connectivity index (χ2v) is 9.69. The highest BCUT2D eigenvalue weighted by atomic mass is 35.5. The largest absolute Gasteiger partial charge is 0.495 e. The maximum atomic E-state index is 12.8. The summed E-state index contributed by atoms with van der Waals surface area (Å²) in [6.07, 6.45) is 0. The van der Waals surface area contributed by atoms with Crippen LogP contribution < -0.4 is 9.46 Å². The second-order valence-electron chi connectivity index (χ2n) is 6.43. The van der Waals surface area contributed by atoms with Gasteiger partial charge < -0.3 is 18.9 Å². The summed E-state index contributed by atoms with van der Waals surface area (Å²) in [6, 6.07) is 6.01. The molecule has 10 nitrogen and oxygen atoms in total. The van der Waals surface area contributed by atoms with E-state index < -0.39 is 10.0 Å². The normalized spacial score (nSPS) is 14.5. The molecule has 3 aromatic rings. The van der Waals surface area contributed by atoms with Gasteiger partial charge in [0.05, 0.1) is 26.0 Å². The van der Waals surface area contributed by atoms with E-state index >= 15 is 0 Å². The molecule has 1 saturated heterocycles. The SMILES string of the molecule is COc1ccc(Cl)cc1NS(=O)(=O)c1cc(-c2noc(C(=O)N3CCOCC3)n2)cs1. The molecule has 1 N–H and O–H groups in total. The zero-order chi connectivity index (χ0) is 22.0. The van der Waals surface area contributed by atoms with E-state index in [0.29, 0.717) is 42.6 Å². The van der Waals surface area contributed by atoms with Gasteiger partial charge in [-0.2, -0.15) is 4.98 Å². The number of hydrogen-bond acceptors (Lipinski definition) is 9. The topological polar surface area (TPSA) is 124 Å². The van der Waals surface area contributed by atoms with Crippen LogP contribution in [0, 0.1) is 0 Å². The molecular weight excluding hydrogens is 468 g/mol. The van der Waals surface area contributed by atoms with Crippen molar-refractivity contribution < 1.29 is 27.2 Å². The van der Waals surface area contributed by atoms with Gasteiger partial charge in [-0.25, -0.2) is 8.42 Å². The molecule has 2 aromatic heterocycles. The third-order valence-electron chi connectivity index (χ3n) is 4.41. The maximum absolute atomic E-state index is 12.8. The first-order chi connectivity index (χ1) is 14.9. The quantitative estimate of drug-likeness (QED) is 0.566. The number of nitrogens with one attached hydrogen (secondary N) is 1. The number of nitrogens with zero attached hydrogens (tertiary/aromatic N) is 3. The zero-order valence-electron chi connectivity index (χ0n) is 16.2. The van der Waals surface area contributed by atoms with Crippen LogP contribution >= 0.6 is 22.9 Å². The highest BCUT2D eigenvalue weighted by molar-refractivity contribution is 7.94. The number of amides is 1. The number of anilines is 1. The van der Waals surface area contributed by atoms with Gasteiger partial charge >= 0.3 is 11.8 Å². The molecule has 0 atom stereocenters. The molecule has 0 unspecified atom stereocenters. The molecule has 0 saturated carbocycles. The van der Waals surface area contributed by atoms with Crippen molar-refractivity contribution in [2.75, 3.05) is 38.1 Å². The Balaban J connectivity index is 1.54. The lowest BCUT2D eigenvalue weighted by atomic mass is 10.3. The summed E-state index contributed by atoms with van der Waals surface area (Å²) in [5.41, 5.74) is 0.621. The Morgan fingerprint density at radius 3 is 2.81 bits per heavy atom. The van der Waals surface area contributed by atoms with Crippen LogP contribution in [0.5, 0.6) is 5.75 Å². The summed E-state index contributed by atoms with van der Waals surface area (Å²) in [6.45, 7) is 1.78. The number of rotatable bonds is 6. The van der Waals surface area contributed by atoms with Crippen molar-refractivity contribution in [1.82, 2.24) is 15.0 Å². The summed E-state index contributed by atoms with van der Waals surface area (Å²) >= 11 is 6.94. The van der Waals surface area contributed by atoms with Gasteiger partial charge in [-0.15, -0.1) is 11.3 Å². The monoisotopic (exact) mass is 484 g/mol. The fraction of sp³-hybridized carbons (Fsp3) is 0.278. The molecule has 1 amide bonds. The van der Waals surface area contributed by atoms with Crippen molar-refractivity contribution in [2.45, 2.75) is 4.21 Å². The van der Waals surface area contributed by atoms with Gasteiger partial charge in [0.1, 0.15) is 9.96 Å². The Morgan fingerprint density at radius 2 is 2.06 bits per heavy atom. The predicted molar refractivity (Wildman–Crippen MR) is 113 cm³/mol. The van der Waals surface area contributed by atoms with E-state index in [1.165, 1.54) is 19.2 Å². The fourth-order valence-corrected chi connectivity index (χ4v) is 5.25. The molecule has 1 aliphatic rings. The minimum atomic E-state index is -3.92. The lowest BCUT2D eigenvalue weighted by Gasteiger charge is -2.25. The highest BCUT2D eigenvalue weighted by Gasteiger charge is 2.26. The van der Waals surface area contributed by atoms with Gasteiger partial charge in [-0.3, -0.25) is 9.52 Å². The van der Waals surface area contributed by atoms with Crippen LogP contribution in [-0.2, 0) is 14.8 Å². The van der Waals surface area contributed by atoms with E-state index in [0.717, 1.165) is 11.3 Å². The van der Waals surface area contributed by atoms with E-state index in [1.54, 1.807) is 22.4 Å². The predicted octanol–water partition coefficient (Wildman–Crippen LogP) is 2.73. The van der Waals surface area contributed by atoms with Gasteiger partial charge in [-0.05, 0) is 24.3 Å². The fourth-order valence-electron chi connectivity index (χ4n) is 2.86. The number of halogens is 1. The number of hydrogen-bond donors (Lipinski definition) is 1. The maximum Gasteiger partial charge on any atom is 0.316 e. The molecule has 0 radical (unpaired) electrons. The lowest BCUT2D eigenvalue weighted by molar-refractivity contribution is 0.0272. The molecule has 3 heterocycles. The van der Waals surface area contributed by atoms with E-state index in [4.69, 9.17) is 25.6 Å². The Labute approximate surface area is 186 Å². The highest BCUT2D eigenvalue weighted by Crippen LogP contribution is 2.32. The standard InChI is InChI=1S/C18H17ClN4O6S2/c1-27-14-3-2-12(19)9-13(14)22-31(25,26)15-8-11(10-30-15)16-20-17(29-21-16)18(24)23-4-6-28-7-5-23/h2-3,8-10,22H,4-7H2,1H3. The van der Waals surface area contributed by atoms with Crippen LogP contribution in [0.3, 0.4) is 0 Å². The number of carbonyl (C=O) groups excluding carboxylic acids is 1. The van der Waals surface area contributed by atoms with Gasteiger partial charge in [0.25, 0.3) is 10.0 Å². The van der Waals surface area contributed by atoms with Crippen LogP contribution in [0.2, 0.25) is 5.02 Å². The summed E-state index contributed by atoms with van der Waals surface area (Å²) < 4.78 is 43.6. The van der Waals surface area contributed by atoms with Crippen molar-refractivity contribution in [2.24, 2.45) is 0 Å². The van der Waals surface area contributed by atoms with Crippen LogP contribution in [0.15, 0.2) is 38.4 Å². The number of methoxy groups -OCH3 is 1. The average molecular weight is 485 g/mol. The van der Waals surface area contributed by atoms with Gasteiger partial charge in [0, 0.05) is 29.1 Å². The number of ether oxygens (including phenoxy) is 2. The Kier molecular flexibility index (Phi) is 6.14. The molecule has 1 fully saturated rings. The third kappa shape index (κ3) is 4.66. The zero-order valence-corrected chi connectivity index (χ0v) is 18.6. The molecule has 0 spiro atoms. The number of thiophene rings is 1. The molecule has 13 heteroatoms. The van der Waals surface area contributed by atoms with Gasteiger partial charge in [-0.1, -0.05) is 16.8 Å². The van der Waals surface area contributed by atoms with Crippen molar-refractivity contribution >= 4 is 44.6 Å². The minimum Gasteiger partial charge on any atom is -0.495 e. The first-order valence-corrected chi connectivity index (χ1v) is 11.8. The van der Waals surface area contributed by atoms with E-state index in [1.807, 2.05) is 0 Å². The number of carbonyl (C=O) groups is 1. The van der Waals surface area contributed by atoms with Crippen LogP contribution in [0.4, 0.5) is 5.69 Å². The lowest BCUT2D eigenvalue weighted by Crippen LogP contribution is -2.40. The molecular formula is C18H17ClN4O6S2. The molecule has 4 rings (SSSR count). The summed E-state index contributed by atoms with van der Waals surface area (Å²) in [5, 5.41) is 5.73. The summed E-state index contributed by atoms with van der Waals surface area (Å²) in [7, 11) is -2.49. The van der Waals surface area contributed by atoms with Crippen molar-refractivity contribution in [3.05, 3.63) is 40.6 Å². The first kappa shape index (κ1) is 21.6. The first-order valence-electron chi connectivity index (χ1n) is 9.03. The molecule has 0 aliphatic carbocycles. The van der Waals surface area contributed by atoms with Crippen LogP contribution in [-0.4, -0.2) is 62.8 Å². The minimum absolute atomic E-state index is 0.0235. The molecule has 1 aromatic carbocycles. The second kappa shape index (κ2) is 8.83. The number of aromatic nitrogens is 2. The van der Waals surface area contributed by atoms with E-state index in [2.05, 4.69) is 14.9 Å². The van der Waals surface area contributed by atoms with Crippen LogP contribution in [0.1, 0.15) is 10.7 Å². The van der Waals surface area contributed by atoms with E-state index in [9.17, 15) is 13.2 Å². The Morgan fingerprint density at radius 1 is 1.29 bits per heavy atom. The smallest absolute Gasteiger partial charge is 0.316 e. The van der Waals surface area contributed by atoms with Gasteiger partial charge in [0.15, 0.2) is 0 Å². The molecule has 1 aliphatic heterocycles. The van der Waals surface area contributed by atoms with Crippen molar-refractivity contribution in [3.8, 4) is 17.1 Å². The van der Waals surface area contributed by atoms with Crippen LogP contribution in [0.25, 0.3) is 11.4 Å². The third-order valence-corrected chi connectivity index (χ3v) is 7.45. The van der Waals surface area contributed by atoms with E-state index in [-0.39, 0.29) is 27.5 Å². The Hall–Kier alpha value is -2.67. The number of sulfonamides is 1. The summed E-state index contributed by atoms with van der Waals surface area (Å²) in [5.74, 6) is -0.0991. The number of morpholine rings is 1. The van der Waals surface area contributed by atoms with Gasteiger partial charge in [0.2, 0.25) is 5.82 Å². The Bertz CT molecular complexity index is 1200.